The van der Waals surface area contributed by atoms with Gasteiger partial charge in [-0.1, -0.05) is 0 Å². The predicted molar refractivity (Wildman–Crippen MR) is 58.1 cm³/mol. The summed E-state index contributed by atoms with van der Waals surface area (Å²) in [6, 6.07) is 0. The van der Waals surface area contributed by atoms with Crippen molar-refractivity contribution in [2.75, 3.05) is 5.73 Å². The monoisotopic (exact) mass is 220 g/mol. The largest absolute Gasteiger partial charge is 0.481 e. The number of nitrogen functional groups attached to an aromatic ring is 1. The van der Waals surface area contributed by atoms with E-state index in [2.05, 4.69) is 10.1 Å². The number of aliphatic carboxylic acids is 1. The Balaban J connectivity index is 2.67. The Morgan fingerprint density at radius 3 is 2.81 bits per heavy atom. The van der Waals surface area contributed by atoms with Crippen molar-refractivity contribution in [3.8, 4) is 0 Å². The fourth-order valence-corrected chi connectivity index (χ4v) is 1.45. The van der Waals surface area contributed by atoms with Gasteiger partial charge in [-0.05, 0) is 13.8 Å². The van der Waals surface area contributed by atoms with E-state index in [0.717, 1.165) is 0 Å². The van der Waals surface area contributed by atoms with Crippen molar-refractivity contribution in [1.82, 2.24) is 14.6 Å². The van der Waals surface area contributed by atoms with Crippen LogP contribution in [-0.4, -0.2) is 25.7 Å². The maximum atomic E-state index is 11.1. The highest BCUT2D eigenvalue weighted by atomic mass is 16.4. The SMILES string of the molecule is CC(C)(C(=O)O)c1cnn2cc(N)cnc12. The first-order chi connectivity index (χ1) is 7.43. The molecule has 0 atom stereocenters. The molecule has 3 N–H and O–H groups in total. The molecule has 6 heteroatoms. The zero-order valence-electron chi connectivity index (χ0n) is 9.01. The Kier molecular flexibility index (Phi) is 2.08. The molecule has 2 heterocycles. The Bertz CT molecular complexity index is 559. The average Bonchev–Trinajstić information content (AvgIpc) is 2.60. The summed E-state index contributed by atoms with van der Waals surface area (Å²) in [6.45, 7) is 3.23. The molecule has 0 saturated carbocycles. The fourth-order valence-electron chi connectivity index (χ4n) is 1.45. The Morgan fingerprint density at radius 2 is 2.19 bits per heavy atom. The molecule has 0 spiro atoms. The summed E-state index contributed by atoms with van der Waals surface area (Å²) in [6.07, 6.45) is 4.60. The van der Waals surface area contributed by atoms with E-state index in [4.69, 9.17) is 10.8 Å². The molecule has 0 aliphatic rings. The lowest BCUT2D eigenvalue weighted by Gasteiger charge is -2.16. The van der Waals surface area contributed by atoms with Gasteiger partial charge in [0.15, 0.2) is 5.65 Å². The molecule has 84 valence electrons. The Labute approximate surface area is 91.7 Å². The van der Waals surface area contributed by atoms with Crippen LogP contribution in [0.4, 0.5) is 5.69 Å². The van der Waals surface area contributed by atoms with Gasteiger partial charge in [0.25, 0.3) is 0 Å². The highest BCUT2D eigenvalue weighted by Gasteiger charge is 2.33. The van der Waals surface area contributed by atoms with E-state index < -0.39 is 11.4 Å². The molecule has 0 aliphatic heterocycles. The summed E-state index contributed by atoms with van der Waals surface area (Å²) in [7, 11) is 0. The third kappa shape index (κ3) is 1.39. The number of anilines is 1. The molecule has 16 heavy (non-hydrogen) atoms. The van der Waals surface area contributed by atoms with E-state index >= 15 is 0 Å². The van der Waals surface area contributed by atoms with Crippen LogP contribution in [0, 0.1) is 0 Å². The average molecular weight is 220 g/mol. The van der Waals surface area contributed by atoms with E-state index in [9.17, 15) is 4.79 Å². The van der Waals surface area contributed by atoms with Gasteiger partial charge in [-0.2, -0.15) is 5.10 Å². The second-order valence-corrected chi connectivity index (χ2v) is 4.14. The van der Waals surface area contributed by atoms with Gasteiger partial charge in [-0.15, -0.1) is 0 Å². The molecule has 0 radical (unpaired) electrons. The Hall–Kier alpha value is -2.11. The van der Waals surface area contributed by atoms with Gasteiger partial charge >= 0.3 is 5.97 Å². The molecule has 0 aromatic carbocycles. The molecule has 0 fully saturated rings. The fraction of sp³-hybridized carbons (Fsp3) is 0.300. The van der Waals surface area contributed by atoms with Gasteiger partial charge in [0.1, 0.15) is 0 Å². The van der Waals surface area contributed by atoms with Crippen molar-refractivity contribution in [3.05, 3.63) is 24.2 Å². The lowest BCUT2D eigenvalue weighted by molar-refractivity contribution is -0.142. The number of hydrogen-bond donors (Lipinski definition) is 2. The standard InChI is InChI=1S/C10H12N4O2/c1-10(2,9(15)16)7-4-13-14-5-6(11)3-12-8(7)14/h3-5H,11H2,1-2H3,(H,15,16). The molecular weight excluding hydrogens is 208 g/mol. The van der Waals surface area contributed by atoms with Gasteiger partial charge < -0.3 is 10.8 Å². The number of rotatable bonds is 2. The van der Waals surface area contributed by atoms with Crippen LogP contribution in [0.3, 0.4) is 0 Å². The first-order valence-electron chi connectivity index (χ1n) is 4.75. The highest BCUT2D eigenvalue weighted by Crippen LogP contribution is 2.26. The third-order valence-electron chi connectivity index (χ3n) is 2.58. The predicted octanol–water partition coefficient (Wildman–Crippen LogP) is 0.674. The van der Waals surface area contributed by atoms with E-state index in [-0.39, 0.29) is 0 Å². The quantitative estimate of drug-likeness (QED) is 0.775. The van der Waals surface area contributed by atoms with Gasteiger partial charge in [0.05, 0.1) is 29.7 Å². The third-order valence-corrected chi connectivity index (χ3v) is 2.58. The van der Waals surface area contributed by atoms with Crippen LogP contribution >= 0.6 is 0 Å². The van der Waals surface area contributed by atoms with Crippen LogP contribution in [0.15, 0.2) is 18.6 Å². The van der Waals surface area contributed by atoms with Crippen LogP contribution in [-0.2, 0) is 10.2 Å². The summed E-state index contributed by atoms with van der Waals surface area (Å²) in [4.78, 5) is 15.2. The first-order valence-corrected chi connectivity index (χ1v) is 4.75. The number of hydrogen-bond acceptors (Lipinski definition) is 4. The van der Waals surface area contributed by atoms with Crippen LogP contribution in [0.5, 0.6) is 0 Å². The van der Waals surface area contributed by atoms with Crippen molar-refractivity contribution >= 4 is 17.3 Å². The zero-order chi connectivity index (χ0) is 11.9. The van der Waals surface area contributed by atoms with Crippen molar-refractivity contribution in [2.45, 2.75) is 19.3 Å². The molecule has 0 unspecified atom stereocenters. The second kappa shape index (κ2) is 3.19. The van der Waals surface area contributed by atoms with E-state index in [1.54, 1.807) is 20.0 Å². The summed E-state index contributed by atoms with van der Waals surface area (Å²) >= 11 is 0. The molecule has 2 aromatic heterocycles. The molecule has 0 saturated heterocycles. The minimum atomic E-state index is -1.02. The van der Waals surface area contributed by atoms with Crippen LogP contribution in [0.2, 0.25) is 0 Å². The minimum absolute atomic E-state index is 0.482. The second-order valence-electron chi connectivity index (χ2n) is 4.14. The van der Waals surface area contributed by atoms with Gasteiger partial charge in [-0.25, -0.2) is 9.50 Å². The molecule has 0 aliphatic carbocycles. The van der Waals surface area contributed by atoms with Gasteiger partial charge in [-0.3, -0.25) is 4.79 Å². The molecule has 2 rings (SSSR count). The van der Waals surface area contributed by atoms with Gasteiger partial charge in [0.2, 0.25) is 0 Å². The number of aromatic nitrogens is 3. The lowest BCUT2D eigenvalue weighted by atomic mass is 9.87. The number of carboxylic acids is 1. The number of carboxylic acid groups (broad SMARTS) is 1. The van der Waals surface area contributed by atoms with Gasteiger partial charge in [0, 0.05) is 5.56 Å². The lowest BCUT2D eigenvalue weighted by Crippen LogP contribution is -2.28. The first kappa shape index (κ1) is 10.4. The highest BCUT2D eigenvalue weighted by molar-refractivity contribution is 5.82. The molecular formula is C10H12N4O2. The summed E-state index contributed by atoms with van der Waals surface area (Å²) in [5, 5.41) is 13.2. The molecule has 0 bridgehead atoms. The van der Waals surface area contributed by atoms with Crippen LogP contribution in [0.25, 0.3) is 5.65 Å². The van der Waals surface area contributed by atoms with Crippen molar-refractivity contribution in [2.24, 2.45) is 0 Å². The van der Waals surface area contributed by atoms with Crippen molar-refractivity contribution in [3.63, 3.8) is 0 Å². The maximum Gasteiger partial charge on any atom is 0.313 e. The molecule has 2 aromatic rings. The zero-order valence-corrected chi connectivity index (χ0v) is 9.01. The number of fused-ring (bicyclic) bond motifs is 1. The van der Waals surface area contributed by atoms with E-state index in [1.165, 1.54) is 16.9 Å². The van der Waals surface area contributed by atoms with Crippen molar-refractivity contribution in [1.29, 1.82) is 0 Å². The minimum Gasteiger partial charge on any atom is -0.481 e. The van der Waals surface area contributed by atoms with Crippen LogP contribution in [0.1, 0.15) is 19.4 Å². The van der Waals surface area contributed by atoms with E-state index in [0.29, 0.717) is 16.9 Å². The number of nitrogens with two attached hydrogens (primary N) is 1. The normalized spacial score (nSPS) is 11.9. The smallest absolute Gasteiger partial charge is 0.313 e. The van der Waals surface area contributed by atoms with Crippen molar-refractivity contribution < 1.29 is 9.90 Å². The molecule has 6 nitrogen and oxygen atoms in total. The number of carbonyl (C=O) groups is 1. The Morgan fingerprint density at radius 1 is 1.50 bits per heavy atom. The molecule has 0 amide bonds. The summed E-state index contributed by atoms with van der Waals surface area (Å²) < 4.78 is 1.48. The maximum absolute atomic E-state index is 11.1. The summed E-state index contributed by atoms with van der Waals surface area (Å²) in [5.41, 5.74) is 6.11. The topological polar surface area (TPSA) is 93.5 Å². The summed E-state index contributed by atoms with van der Waals surface area (Å²) in [5.74, 6) is -0.916. The van der Waals surface area contributed by atoms with E-state index in [1.807, 2.05) is 0 Å². The number of nitrogens with zero attached hydrogens (tertiary/aromatic N) is 3. The van der Waals surface area contributed by atoms with Crippen LogP contribution < -0.4 is 5.73 Å².